The Balaban J connectivity index is 2.48. The number of hydrogen-bond acceptors (Lipinski definition) is 3. The van der Waals surface area contributed by atoms with Crippen LogP contribution in [0.4, 0.5) is 0 Å². The minimum atomic E-state index is 0.396. The van der Waals surface area contributed by atoms with E-state index < -0.39 is 0 Å². The molecule has 3 nitrogen and oxygen atoms in total. The van der Waals surface area contributed by atoms with E-state index in [0.29, 0.717) is 11.6 Å². The topological polar surface area (TPSA) is 51.8 Å². The number of aryl methyl sites for hydroxylation is 1. The summed E-state index contributed by atoms with van der Waals surface area (Å²) in [6.45, 7) is 2.30. The highest BCUT2D eigenvalue weighted by Gasteiger charge is 2.04. The van der Waals surface area contributed by atoms with Gasteiger partial charge in [-0.3, -0.25) is 4.98 Å². The first-order valence-electron chi connectivity index (χ1n) is 4.99. The van der Waals surface area contributed by atoms with Gasteiger partial charge < -0.3 is 5.73 Å². The molecule has 0 fully saturated rings. The zero-order valence-corrected chi connectivity index (χ0v) is 9.70. The molecular weight excluding hydrogens is 222 g/mol. The molecule has 0 bridgehead atoms. The first-order chi connectivity index (χ1) is 7.70. The van der Waals surface area contributed by atoms with E-state index in [1.165, 1.54) is 0 Å². The van der Waals surface area contributed by atoms with Gasteiger partial charge in [-0.1, -0.05) is 23.7 Å². The summed E-state index contributed by atoms with van der Waals surface area (Å²) in [7, 11) is 0. The van der Waals surface area contributed by atoms with Gasteiger partial charge >= 0.3 is 0 Å². The Labute approximate surface area is 99.3 Å². The molecule has 2 aromatic rings. The van der Waals surface area contributed by atoms with Crippen molar-refractivity contribution in [2.75, 3.05) is 0 Å². The second kappa shape index (κ2) is 4.60. The van der Waals surface area contributed by atoms with Crippen LogP contribution in [0, 0.1) is 6.92 Å². The maximum absolute atomic E-state index is 5.93. The number of nitrogens with two attached hydrogens (primary N) is 1. The Morgan fingerprint density at radius 3 is 2.88 bits per heavy atom. The van der Waals surface area contributed by atoms with E-state index >= 15 is 0 Å². The van der Waals surface area contributed by atoms with E-state index in [-0.39, 0.29) is 0 Å². The third-order valence-electron chi connectivity index (χ3n) is 2.37. The minimum absolute atomic E-state index is 0.396. The molecule has 0 aliphatic rings. The lowest BCUT2D eigenvalue weighted by molar-refractivity contribution is 0.933. The standard InChI is InChI=1S/C12H12ClN3/c1-8-11(6-14)16-12(7-15-8)9-3-2-4-10(13)5-9/h2-5,7H,6,14H2,1H3. The predicted octanol–water partition coefficient (Wildman–Crippen LogP) is 2.56. The zero-order valence-electron chi connectivity index (χ0n) is 8.94. The van der Waals surface area contributed by atoms with Crippen molar-refractivity contribution >= 4 is 11.6 Å². The van der Waals surface area contributed by atoms with Crippen LogP contribution in [0.5, 0.6) is 0 Å². The second-order valence-electron chi connectivity index (χ2n) is 3.50. The van der Waals surface area contributed by atoms with Gasteiger partial charge in [-0.15, -0.1) is 0 Å². The van der Waals surface area contributed by atoms with E-state index in [4.69, 9.17) is 17.3 Å². The summed E-state index contributed by atoms with van der Waals surface area (Å²) in [6, 6.07) is 7.53. The molecule has 0 spiro atoms. The molecule has 2 N–H and O–H groups in total. The number of halogens is 1. The van der Waals surface area contributed by atoms with Crippen molar-refractivity contribution in [3.63, 3.8) is 0 Å². The molecule has 1 heterocycles. The molecule has 0 amide bonds. The van der Waals surface area contributed by atoms with Crippen molar-refractivity contribution in [1.29, 1.82) is 0 Å². The second-order valence-corrected chi connectivity index (χ2v) is 3.94. The van der Waals surface area contributed by atoms with Gasteiger partial charge in [0.1, 0.15) is 0 Å². The molecule has 0 radical (unpaired) electrons. The third kappa shape index (κ3) is 2.21. The Morgan fingerprint density at radius 2 is 2.19 bits per heavy atom. The van der Waals surface area contributed by atoms with Gasteiger partial charge in [-0.25, -0.2) is 4.98 Å². The van der Waals surface area contributed by atoms with Gasteiger partial charge in [-0.05, 0) is 19.1 Å². The van der Waals surface area contributed by atoms with Crippen LogP contribution in [0.3, 0.4) is 0 Å². The Kier molecular flexibility index (Phi) is 3.17. The molecule has 0 atom stereocenters. The van der Waals surface area contributed by atoms with Gasteiger partial charge in [0.05, 0.1) is 23.3 Å². The monoisotopic (exact) mass is 233 g/mol. The average Bonchev–Trinajstić information content (AvgIpc) is 2.29. The molecule has 0 unspecified atom stereocenters. The summed E-state index contributed by atoms with van der Waals surface area (Å²) in [5.74, 6) is 0. The molecular formula is C12H12ClN3. The van der Waals surface area contributed by atoms with Crippen LogP contribution < -0.4 is 5.73 Å². The molecule has 1 aromatic heterocycles. The lowest BCUT2D eigenvalue weighted by Crippen LogP contribution is -2.05. The van der Waals surface area contributed by atoms with Crippen molar-refractivity contribution in [1.82, 2.24) is 9.97 Å². The maximum atomic E-state index is 5.93. The Bertz CT molecular complexity index is 511. The fourth-order valence-corrected chi connectivity index (χ4v) is 1.66. The highest BCUT2D eigenvalue weighted by molar-refractivity contribution is 6.30. The Morgan fingerprint density at radius 1 is 1.38 bits per heavy atom. The highest BCUT2D eigenvalue weighted by Crippen LogP contribution is 2.20. The van der Waals surface area contributed by atoms with Crippen LogP contribution in [-0.2, 0) is 6.54 Å². The minimum Gasteiger partial charge on any atom is -0.325 e. The third-order valence-corrected chi connectivity index (χ3v) is 2.60. The fourth-order valence-electron chi connectivity index (χ4n) is 1.47. The summed E-state index contributed by atoms with van der Waals surface area (Å²) in [4.78, 5) is 8.73. The first-order valence-corrected chi connectivity index (χ1v) is 5.37. The predicted molar refractivity (Wildman–Crippen MR) is 65.1 cm³/mol. The van der Waals surface area contributed by atoms with E-state index in [1.807, 2.05) is 31.2 Å². The first kappa shape index (κ1) is 11.0. The van der Waals surface area contributed by atoms with Gasteiger partial charge in [0.2, 0.25) is 0 Å². The van der Waals surface area contributed by atoms with Crippen LogP contribution in [0.1, 0.15) is 11.4 Å². The zero-order chi connectivity index (χ0) is 11.5. The van der Waals surface area contributed by atoms with Crippen molar-refractivity contribution in [2.45, 2.75) is 13.5 Å². The number of hydrogen-bond donors (Lipinski definition) is 1. The lowest BCUT2D eigenvalue weighted by Gasteiger charge is -2.05. The molecule has 0 aliphatic heterocycles. The molecule has 82 valence electrons. The molecule has 16 heavy (non-hydrogen) atoms. The molecule has 0 saturated heterocycles. The summed E-state index contributed by atoms with van der Waals surface area (Å²) in [5, 5.41) is 0.689. The fraction of sp³-hybridized carbons (Fsp3) is 0.167. The van der Waals surface area contributed by atoms with Crippen LogP contribution in [-0.4, -0.2) is 9.97 Å². The van der Waals surface area contributed by atoms with Crippen LogP contribution in [0.2, 0.25) is 5.02 Å². The maximum Gasteiger partial charge on any atom is 0.0889 e. The highest BCUT2D eigenvalue weighted by atomic mass is 35.5. The van der Waals surface area contributed by atoms with Crippen LogP contribution >= 0.6 is 11.6 Å². The summed E-state index contributed by atoms with van der Waals surface area (Å²) in [5.41, 5.74) is 9.04. The van der Waals surface area contributed by atoms with Gasteiger partial charge in [0.25, 0.3) is 0 Å². The summed E-state index contributed by atoms with van der Waals surface area (Å²) >= 11 is 5.93. The van der Waals surface area contributed by atoms with Crippen LogP contribution in [0.25, 0.3) is 11.3 Å². The largest absolute Gasteiger partial charge is 0.325 e. The van der Waals surface area contributed by atoms with Crippen molar-refractivity contribution < 1.29 is 0 Å². The van der Waals surface area contributed by atoms with E-state index in [9.17, 15) is 0 Å². The normalized spacial score (nSPS) is 10.4. The average molecular weight is 234 g/mol. The number of rotatable bonds is 2. The lowest BCUT2D eigenvalue weighted by atomic mass is 10.1. The molecule has 1 aromatic carbocycles. The smallest absolute Gasteiger partial charge is 0.0889 e. The molecule has 0 saturated carbocycles. The number of nitrogens with zero attached hydrogens (tertiary/aromatic N) is 2. The number of aromatic nitrogens is 2. The van der Waals surface area contributed by atoms with E-state index in [1.54, 1.807) is 6.20 Å². The van der Waals surface area contributed by atoms with Gasteiger partial charge in [0.15, 0.2) is 0 Å². The summed E-state index contributed by atoms with van der Waals surface area (Å²) in [6.07, 6.45) is 1.74. The SMILES string of the molecule is Cc1ncc(-c2cccc(Cl)c2)nc1CN. The van der Waals surface area contributed by atoms with Crippen molar-refractivity contribution in [3.05, 3.63) is 46.9 Å². The van der Waals surface area contributed by atoms with E-state index in [0.717, 1.165) is 22.6 Å². The summed E-state index contributed by atoms with van der Waals surface area (Å²) < 4.78 is 0. The molecule has 0 aliphatic carbocycles. The van der Waals surface area contributed by atoms with Gasteiger partial charge in [-0.2, -0.15) is 0 Å². The van der Waals surface area contributed by atoms with Crippen LogP contribution in [0.15, 0.2) is 30.5 Å². The quantitative estimate of drug-likeness (QED) is 0.868. The van der Waals surface area contributed by atoms with Crippen molar-refractivity contribution in [3.8, 4) is 11.3 Å². The molecule has 4 heteroatoms. The van der Waals surface area contributed by atoms with Crippen molar-refractivity contribution in [2.24, 2.45) is 5.73 Å². The van der Waals surface area contributed by atoms with E-state index in [2.05, 4.69) is 9.97 Å². The molecule has 2 rings (SSSR count). The number of benzene rings is 1. The Hall–Kier alpha value is -1.45. The van der Waals surface area contributed by atoms with Gasteiger partial charge in [0, 0.05) is 17.1 Å².